The number of hydrogen-bond acceptors (Lipinski definition) is 3. The summed E-state index contributed by atoms with van der Waals surface area (Å²) in [5.74, 6) is 0.407. The number of carbonyl (C=O) groups excluding carboxylic acids is 1. The Bertz CT molecular complexity index is 531. The fourth-order valence-electron chi connectivity index (χ4n) is 4.48. The van der Waals surface area contributed by atoms with Gasteiger partial charge >= 0.3 is 5.97 Å². The minimum atomic E-state index is -0.774. The Labute approximate surface area is 140 Å². The molecule has 0 spiro atoms. The van der Waals surface area contributed by atoms with Crippen LogP contribution in [0.3, 0.4) is 0 Å². The third-order valence-electron chi connectivity index (χ3n) is 6.34. The number of rotatable bonds is 3. The lowest BCUT2D eigenvalue weighted by atomic mass is 9.66. The highest BCUT2D eigenvalue weighted by Crippen LogP contribution is 2.58. The molecular weight excluding hydrogens is 288 g/mol. The number of hydrogen-bond donors (Lipinski definition) is 1. The predicted molar refractivity (Wildman–Crippen MR) is 92.9 cm³/mol. The number of aliphatic hydroxyl groups is 1. The second-order valence-corrected chi connectivity index (χ2v) is 8.04. The van der Waals surface area contributed by atoms with Gasteiger partial charge in [0, 0.05) is 11.0 Å². The summed E-state index contributed by atoms with van der Waals surface area (Å²) >= 11 is 0. The Morgan fingerprint density at radius 2 is 2.09 bits per heavy atom. The van der Waals surface area contributed by atoms with Gasteiger partial charge in [0.1, 0.15) is 6.10 Å². The molecule has 2 aliphatic rings. The van der Waals surface area contributed by atoms with E-state index in [0.717, 1.165) is 25.7 Å². The van der Waals surface area contributed by atoms with Crippen molar-refractivity contribution in [3.05, 3.63) is 23.3 Å². The topological polar surface area (TPSA) is 46.5 Å². The van der Waals surface area contributed by atoms with Gasteiger partial charge in [0.25, 0.3) is 0 Å². The van der Waals surface area contributed by atoms with E-state index in [1.165, 1.54) is 5.57 Å². The van der Waals surface area contributed by atoms with Gasteiger partial charge in [0.2, 0.25) is 0 Å². The van der Waals surface area contributed by atoms with Crippen LogP contribution in [-0.4, -0.2) is 22.8 Å². The van der Waals surface area contributed by atoms with Crippen molar-refractivity contribution in [2.24, 2.45) is 17.3 Å². The van der Waals surface area contributed by atoms with Crippen molar-refractivity contribution in [3.8, 4) is 0 Å². The van der Waals surface area contributed by atoms with E-state index in [1.54, 1.807) is 13.0 Å². The lowest BCUT2D eigenvalue weighted by Gasteiger charge is -2.46. The van der Waals surface area contributed by atoms with Gasteiger partial charge in [-0.2, -0.15) is 0 Å². The molecule has 4 atom stereocenters. The largest absolute Gasteiger partial charge is 0.454 e. The fourth-order valence-corrected chi connectivity index (χ4v) is 4.48. The van der Waals surface area contributed by atoms with Crippen molar-refractivity contribution in [1.82, 2.24) is 0 Å². The van der Waals surface area contributed by atoms with Gasteiger partial charge in [0.05, 0.1) is 5.60 Å². The Morgan fingerprint density at radius 3 is 2.65 bits per heavy atom. The van der Waals surface area contributed by atoms with Gasteiger partial charge < -0.3 is 9.84 Å². The minimum Gasteiger partial charge on any atom is -0.454 e. The van der Waals surface area contributed by atoms with Gasteiger partial charge in [-0.1, -0.05) is 32.4 Å². The summed E-state index contributed by atoms with van der Waals surface area (Å²) in [6.45, 7) is 12.2. The lowest BCUT2D eigenvalue weighted by Crippen LogP contribution is -2.53. The molecule has 0 aliphatic heterocycles. The molecule has 0 heterocycles. The molecule has 2 rings (SSSR count). The van der Waals surface area contributed by atoms with Crippen molar-refractivity contribution in [1.29, 1.82) is 0 Å². The maximum absolute atomic E-state index is 12.3. The summed E-state index contributed by atoms with van der Waals surface area (Å²) in [6.07, 6.45) is 6.99. The van der Waals surface area contributed by atoms with E-state index in [9.17, 15) is 9.90 Å². The molecule has 0 saturated heterocycles. The summed E-state index contributed by atoms with van der Waals surface area (Å²) in [6, 6.07) is 0. The predicted octanol–water partition coefficient (Wildman–Crippen LogP) is 4.41. The Kier molecular flexibility index (Phi) is 5.10. The first-order chi connectivity index (χ1) is 10.7. The van der Waals surface area contributed by atoms with Crippen molar-refractivity contribution < 1.29 is 14.6 Å². The SMILES string of the molecule is C/C=C(\C)C(=O)O[C@@H]1C=C(C)CC[C@]2(O)[C@@H](C(C)C)CC[C@]12C. The highest BCUT2D eigenvalue weighted by atomic mass is 16.5. The molecule has 0 bridgehead atoms. The Hall–Kier alpha value is -1.09. The van der Waals surface area contributed by atoms with Crippen molar-refractivity contribution in [3.63, 3.8) is 0 Å². The first-order valence-electron chi connectivity index (χ1n) is 8.89. The van der Waals surface area contributed by atoms with E-state index in [2.05, 4.69) is 33.8 Å². The normalized spacial score (nSPS) is 38.1. The zero-order valence-corrected chi connectivity index (χ0v) is 15.5. The molecule has 0 aromatic heterocycles. The van der Waals surface area contributed by atoms with Crippen molar-refractivity contribution >= 4 is 5.97 Å². The minimum absolute atomic E-state index is 0.260. The molecule has 0 unspecified atom stereocenters. The smallest absolute Gasteiger partial charge is 0.333 e. The van der Waals surface area contributed by atoms with E-state index >= 15 is 0 Å². The van der Waals surface area contributed by atoms with Crippen molar-refractivity contribution in [2.75, 3.05) is 0 Å². The number of allylic oxidation sites excluding steroid dienone is 2. The second-order valence-electron chi connectivity index (χ2n) is 8.04. The Morgan fingerprint density at radius 1 is 1.43 bits per heavy atom. The molecule has 130 valence electrons. The molecule has 0 radical (unpaired) electrons. The van der Waals surface area contributed by atoms with E-state index in [1.807, 2.05) is 6.92 Å². The molecule has 3 nitrogen and oxygen atoms in total. The van der Waals surface area contributed by atoms with Crippen LogP contribution in [0.15, 0.2) is 23.3 Å². The number of esters is 1. The van der Waals surface area contributed by atoms with Gasteiger partial charge in [0.15, 0.2) is 0 Å². The van der Waals surface area contributed by atoms with Crippen molar-refractivity contribution in [2.45, 2.75) is 78.9 Å². The number of ether oxygens (including phenoxy) is 1. The molecule has 23 heavy (non-hydrogen) atoms. The van der Waals surface area contributed by atoms with Crippen LogP contribution in [0.5, 0.6) is 0 Å². The quantitative estimate of drug-likeness (QED) is 0.476. The van der Waals surface area contributed by atoms with Crippen LogP contribution in [0.1, 0.15) is 67.2 Å². The van der Waals surface area contributed by atoms with E-state index < -0.39 is 11.0 Å². The molecular formula is C20H32O3. The van der Waals surface area contributed by atoms with Crippen LogP contribution >= 0.6 is 0 Å². The molecule has 2 aliphatic carbocycles. The van der Waals surface area contributed by atoms with E-state index in [0.29, 0.717) is 11.5 Å². The van der Waals surface area contributed by atoms with Crippen LogP contribution in [-0.2, 0) is 9.53 Å². The van der Waals surface area contributed by atoms with Crippen LogP contribution in [0.4, 0.5) is 0 Å². The standard InChI is InChI=1S/C20H32O3/c1-7-15(5)18(21)23-17-12-14(4)8-11-20(22)16(13(2)3)9-10-19(17,20)6/h7,12-13,16-17,22H,8-11H2,1-6H3/b15-7+/t16-,17-,19-,20+/m1/s1. The van der Waals surface area contributed by atoms with E-state index in [4.69, 9.17) is 4.74 Å². The maximum Gasteiger partial charge on any atom is 0.333 e. The van der Waals surface area contributed by atoms with Gasteiger partial charge in [-0.05, 0) is 64.4 Å². The second kappa shape index (κ2) is 6.43. The third kappa shape index (κ3) is 3.00. The molecule has 0 amide bonds. The van der Waals surface area contributed by atoms with Crippen LogP contribution in [0.2, 0.25) is 0 Å². The summed E-state index contributed by atoms with van der Waals surface area (Å²) in [7, 11) is 0. The van der Waals surface area contributed by atoms with Gasteiger partial charge in [-0.25, -0.2) is 4.79 Å². The summed E-state index contributed by atoms with van der Waals surface area (Å²) < 4.78 is 5.86. The fraction of sp³-hybridized carbons (Fsp3) is 0.750. The average Bonchev–Trinajstić information content (AvgIpc) is 2.72. The lowest BCUT2D eigenvalue weighted by molar-refractivity contribution is -0.166. The molecule has 0 aromatic rings. The van der Waals surface area contributed by atoms with Crippen LogP contribution in [0.25, 0.3) is 0 Å². The summed E-state index contributed by atoms with van der Waals surface area (Å²) in [4.78, 5) is 12.3. The molecule has 1 saturated carbocycles. The van der Waals surface area contributed by atoms with Gasteiger partial charge in [-0.15, -0.1) is 0 Å². The summed E-state index contributed by atoms with van der Waals surface area (Å²) in [5.41, 5.74) is 0.631. The maximum atomic E-state index is 12.3. The molecule has 1 N–H and O–H groups in total. The first kappa shape index (κ1) is 18.3. The highest BCUT2D eigenvalue weighted by Gasteiger charge is 2.61. The Balaban J connectivity index is 2.40. The zero-order chi connectivity index (χ0) is 17.4. The number of fused-ring (bicyclic) bond motifs is 1. The molecule has 3 heteroatoms. The van der Waals surface area contributed by atoms with Crippen LogP contribution < -0.4 is 0 Å². The third-order valence-corrected chi connectivity index (χ3v) is 6.34. The monoisotopic (exact) mass is 320 g/mol. The highest BCUT2D eigenvalue weighted by molar-refractivity contribution is 5.87. The molecule has 1 fully saturated rings. The summed E-state index contributed by atoms with van der Waals surface area (Å²) in [5, 5.41) is 11.6. The van der Waals surface area contributed by atoms with E-state index in [-0.39, 0.29) is 18.0 Å². The first-order valence-corrected chi connectivity index (χ1v) is 8.89. The van der Waals surface area contributed by atoms with Gasteiger partial charge in [-0.3, -0.25) is 0 Å². The van der Waals surface area contributed by atoms with Crippen LogP contribution in [0, 0.1) is 17.3 Å². The number of carbonyl (C=O) groups is 1. The molecule has 0 aromatic carbocycles. The average molecular weight is 320 g/mol. The zero-order valence-electron chi connectivity index (χ0n) is 15.5.